The predicted octanol–water partition coefficient (Wildman–Crippen LogP) is 6.33. The summed E-state index contributed by atoms with van der Waals surface area (Å²) in [5.41, 5.74) is 14.7. The number of nitrogens with two attached hydrogens (primary N) is 1. The monoisotopic (exact) mass is 487 g/mol. The van der Waals surface area contributed by atoms with Crippen LogP contribution in [0.4, 0.5) is 10.5 Å². The summed E-state index contributed by atoms with van der Waals surface area (Å²) in [5.74, 6) is 0.639. The van der Waals surface area contributed by atoms with Crippen LogP contribution in [0.5, 0.6) is 0 Å². The highest BCUT2D eigenvalue weighted by Gasteiger charge is 2.29. The fourth-order valence-corrected chi connectivity index (χ4v) is 5.22. The van der Waals surface area contributed by atoms with Gasteiger partial charge in [0.2, 0.25) is 0 Å². The minimum atomic E-state index is -0.558. The first kappa shape index (κ1) is 26.0. The van der Waals surface area contributed by atoms with E-state index < -0.39 is 6.03 Å². The molecule has 0 spiro atoms. The molecule has 0 fully saturated rings. The van der Waals surface area contributed by atoms with Gasteiger partial charge in [-0.15, -0.1) is 0 Å². The average molecular weight is 488 g/mol. The van der Waals surface area contributed by atoms with E-state index in [1.165, 1.54) is 28.1 Å². The second-order valence-electron chi connectivity index (χ2n) is 11.8. The summed E-state index contributed by atoms with van der Waals surface area (Å²) in [7, 11) is 0. The summed E-state index contributed by atoms with van der Waals surface area (Å²) in [6.07, 6.45) is 3.11. The Hall–Kier alpha value is -3.12. The normalized spacial score (nSPS) is 14.2. The molecule has 6 heteroatoms. The Bertz CT molecular complexity index is 1220. The number of primary amides is 1. The van der Waals surface area contributed by atoms with Gasteiger partial charge in [0.05, 0.1) is 17.1 Å². The maximum absolute atomic E-state index is 11.3. The molecule has 1 aromatic heterocycles. The average Bonchev–Trinajstić information content (AvgIpc) is 3.15. The summed E-state index contributed by atoms with van der Waals surface area (Å²) in [6.45, 7) is 16.6. The maximum Gasteiger partial charge on any atom is 0.316 e. The number of hydrogen-bond donors (Lipinski definition) is 2. The van der Waals surface area contributed by atoms with Crippen LogP contribution in [-0.4, -0.2) is 33.8 Å². The van der Waals surface area contributed by atoms with E-state index in [0.29, 0.717) is 11.6 Å². The third-order valence-corrected chi connectivity index (χ3v) is 6.76. The van der Waals surface area contributed by atoms with Crippen molar-refractivity contribution >= 4 is 11.7 Å². The van der Waals surface area contributed by atoms with E-state index in [2.05, 4.69) is 86.8 Å². The van der Waals surface area contributed by atoms with E-state index in [-0.39, 0.29) is 5.41 Å². The van der Waals surface area contributed by atoms with Crippen LogP contribution in [0.25, 0.3) is 16.9 Å². The van der Waals surface area contributed by atoms with Crippen LogP contribution in [0.3, 0.4) is 0 Å². The molecule has 2 aromatic carbocycles. The zero-order valence-corrected chi connectivity index (χ0v) is 22.7. The van der Waals surface area contributed by atoms with E-state index in [4.69, 9.17) is 10.8 Å². The molecular weight excluding hydrogens is 446 g/mol. The SMILES string of the molecule is Cc1cccc(CCC(C)C)c1-n1nc2c(c1-c1ccc(NC(N)=O)cc1)CN(CC(C)(C)C)CC2. The summed E-state index contributed by atoms with van der Waals surface area (Å²) < 4.78 is 2.20. The Labute approximate surface area is 215 Å². The zero-order valence-electron chi connectivity index (χ0n) is 22.7. The molecule has 2 amide bonds. The quantitative estimate of drug-likeness (QED) is 0.409. The second-order valence-corrected chi connectivity index (χ2v) is 11.8. The Kier molecular flexibility index (Phi) is 7.55. The Morgan fingerprint density at radius 2 is 1.86 bits per heavy atom. The lowest BCUT2D eigenvalue weighted by Gasteiger charge is -2.32. The van der Waals surface area contributed by atoms with Gasteiger partial charge in [-0.1, -0.05) is 65.0 Å². The van der Waals surface area contributed by atoms with Crippen molar-refractivity contribution in [1.82, 2.24) is 14.7 Å². The molecule has 0 unspecified atom stereocenters. The number of nitrogens with one attached hydrogen (secondary N) is 1. The van der Waals surface area contributed by atoms with E-state index in [9.17, 15) is 4.79 Å². The van der Waals surface area contributed by atoms with Crippen LogP contribution >= 0.6 is 0 Å². The molecule has 36 heavy (non-hydrogen) atoms. The largest absolute Gasteiger partial charge is 0.351 e. The van der Waals surface area contributed by atoms with E-state index in [1.807, 2.05) is 12.1 Å². The lowest BCUT2D eigenvalue weighted by atomic mass is 9.93. The van der Waals surface area contributed by atoms with Gasteiger partial charge in [-0.3, -0.25) is 4.90 Å². The highest BCUT2D eigenvalue weighted by molar-refractivity contribution is 5.88. The first-order valence-electron chi connectivity index (χ1n) is 13.1. The minimum Gasteiger partial charge on any atom is -0.351 e. The number of aromatic nitrogens is 2. The smallest absolute Gasteiger partial charge is 0.316 e. The topological polar surface area (TPSA) is 76.2 Å². The summed E-state index contributed by atoms with van der Waals surface area (Å²) in [5, 5.41) is 7.92. The number of benzene rings is 2. The molecule has 3 N–H and O–H groups in total. The van der Waals surface area contributed by atoms with Gasteiger partial charge in [0.15, 0.2) is 0 Å². The van der Waals surface area contributed by atoms with Gasteiger partial charge in [0, 0.05) is 42.9 Å². The van der Waals surface area contributed by atoms with Crippen LogP contribution in [-0.2, 0) is 19.4 Å². The second kappa shape index (κ2) is 10.5. The molecule has 1 aliphatic heterocycles. The standard InChI is InChI=1S/C30H41N5O/c1-20(2)10-11-22-9-7-8-21(3)27(22)35-28(23-12-14-24(15-13-23)32-29(31)36)25-18-34(19-30(4,5)6)17-16-26(25)33-35/h7-9,12-15,20H,10-11,16-19H2,1-6H3,(H3,31,32,36). The highest BCUT2D eigenvalue weighted by Crippen LogP contribution is 2.36. The molecule has 0 radical (unpaired) electrons. The third-order valence-electron chi connectivity index (χ3n) is 6.76. The molecule has 0 bridgehead atoms. The number of aryl methyl sites for hydroxylation is 2. The molecule has 1 aliphatic rings. The van der Waals surface area contributed by atoms with Crippen LogP contribution in [0.2, 0.25) is 0 Å². The third kappa shape index (κ3) is 5.98. The Morgan fingerprint density at radius 1 is 1.14 bits per heavy atom. The number of anilines is 1. The molecule has 0 saturated carbocycles. The van der Waals surface area contributed by atoms with E-state index >= 15 is 0 Å². The number of rotatable bonds is 7. The van der Waals surface area contributed by atoms with Crippen molar-refractivity contribution < 1.29 is 4.79 Å². The summed E-state index contributed by atoms with van der Waals surface area (Å²) in [6, 6.07) is 14.0. The van der Waals surface area contributed by atoms with Crippen molar-refractivity contribution in [3.63, 3.8) is 0 Å². The molecule has 192 valence electrons. The zero-order chi connectivity index (χ0) is 26.0. The summed E-state index contributed by atoms with van der Waals surface area (Å²) >= 11 is 0. The van der Waals surface area contributed by atoms with Crippen molar-refractivity contribution in [2.45, 2.75) is 67.3 Å². The minimum absolute atomic E-state index is 0.232. The molecule has 6 nitrogen and oxygen atoms in total. The van der Waals surface area contributed by atoms with E-state index in [1.54, 1.807) is 0 Å². The lowest BCUT2D eigenvalue weighted by molar-refractivity contribution is 0.176. The number of hydrogen-bond acceptors (Lipinski definition) is 3. The van der Waals surface area contributed by atoms with Crippen molar-refractivity contribution in [1.29, 1.82) is 0 Å². The van der Waals surface area contributed by atoms with Gasteiger partial charge in [-0.2, -0.15) is 5.10 Å². The number of fused-ring (bicyclic) bond motifs is 1. The van der Waals surface area contributed by atoms with Gasteiger partial charge in [-0.25, -0.2) is 9.48 Å². The van der Waals surface area contributed by atoms with Crippen LogP contribution in [0.15, 0.2) is 42.5 Å². The molecule has 0 atom stereocenters. The first-order valence-corrected chi connectivity index (χ1v) is 13.1. The Morgan fingerprint density at radius 3 is 2.50 bits per heavy atom. The number of para-hydroxylation sites is 1. The van der Waals surface area contributed by atoms with Crippen molar-refractivity contribution in [3.8, 4) is 16.9 Å². The maximum atomic E-state index is 11.3. The fraction of sp³-hybridized carbons (Fsp3) is 0.467. The molecule has 2 heterocycles. The van der Waals surface area contributed by atoms with Crippen molar-refractivity contribution in [2.24, 2.45) is 17.1 Å². The van der Waals surface area contributed by atoms with Gasteiger partial charge in [-0.05, 0) is 54.4 Å². The highest BCUT2D eigenvalue weighted by atomic mass is 16.2. The predicted molar refractivity (Wildman–Crippen MR) is 149 cm³/mol. The first-order chi connectivity index (χ1) is 17.0. The van der Waals surface area contributed by atoms with Crippen LogP contribution in [0.1, 0.15) is 63.4 Å². The molecule has 4 rings (SSSR count). The summed E-state index contributed by atoms with van der Waals surface area (Å²) in [4.78, 5) is 13.9. The number of urea groups is 1. The number of amides is 2. The number of carbonyl (C=O) groups excluding carboxylic acids is 1. The van der Waals surface area contributed by atoms with Crippen molar-refractivity contribution in [3.05, 3.63) is 64.8 Å². The molecule has 0 aliphatic carbocycles. The molecule has 0 saturated heterocycles. The lowest BCUT2D eigenvalue weighted by Crippen LogP contribution is -2.36. The van der Waals surface area contributed by atoms with Crippen LogP contribution in [0, 0.1) is 18.3 Å². The number of nitrogens with zero attached hydrogens (tertiary/aromatic N) is 3. The Balaban J connectivity index is 1.85. The van der Waals surface area contributed by atoms with Gasteiger partial charge in [0.1, 0.15) is 0 Å². The number of carbonyl (C=O) groups is 1. The van der Waals surface area contributed by atoms with Gasteiger partial charge < -0.3 is 11.1 Å². The molecular formula is C30H41N5O. The fourth-order valence-electron chi connectivity index (χ4n) is 5.22. The molecule has 3 aromatic rings. The van der Waals surface area contributed by atoms with Crippen molar-refractivity contribution in [2.75, 3.05) is 18.4 Å². The van der Waals surface area contributed by atoms with Gasteiger partial charge in [0.25, 0.3) is 0 Å². The van der Waals surface area contributed by atoms with Crippen LogP contribution < -0.4 is 11.1 Å². The van der Waals surface area contributed by atoms with E-state index in [0.717, 1.165) is 50.2 Å². The van der Waals surface area contributed by atoms with Gasteiger partial charge >= 0.3 is 6.03 Å².